The van der Waals surface area contributed by atoms with E-state index in [1.807, 2.05) is 0 Å². The van der Waals surface area contributed by atoms with Crippen LogP contribution in [0.5, 0.6) is 0 Å². The Bertz CT molecular complexity index is 368. The van der Waals surface area contributed by atoms with Crippen molar-refractivity contribution in [3.05, 3.63) is 28.3 Å². The van der Waals surface area contributed by atoms with Crippen LogP contribution in [0.15, 0.2) is 6.07 Å². The second kappa shape index (κ2) is 5.53. The molecule has 1 atom stereocenters. The third-order valence-corrected chi connectivity index (χ3v) is 4.21. The smallest absolute Gasteiger partial charge is 0.0210 e. The van der Waals surface area contributed by atoms with Crippen LogP contribution in [0.1, 0.15) is 81.5 Å². The summed E-state index contributed by atoms with van der Waals surface area (Å²) >= 11 is 0. The molecular formula is C16H27P. The van der Waals surface area contributed by atoms with Gasteiger partial charge < -0.3 is 0 Å². The van der Waals surface area contributed by atoms with Crippen molar-refractivity contribution in [2.24, 2.45) is 0 Å². The normalized spacial score (nSPS) is 11.9. The van der Waals surface area contributed by atoms with Gasteiger partial charge in [0, 0.05) is 0 Å². The highest BCUT2D eigenvalue weighted by atomic mass is 31.0. The fourth-order valence-electron chi connectivity index (χ4n) is 2.69. The summed E-state index contributed by atoms with van der Waals surface area (Å²) in [6.45, 7) is 16.0. The standard InChI is InChI=1S/C16H27P/c1-9(2)13-8-14(10(3)4)16(17)15(11(5)6)12(13)7/h8-11H,17H2,1-7H3. The Morgan fingerprint density at radius 1 is 0.824 bits per heavy atom. The van der Waals surface area contributed by atoms with Gasteiger partial charge >= 0.3 is 0 Å². The maximum Gasteiger partial charge on any atom is -0.0210 e. The quantitative estimate of drug-likeness (QED) is 0.672. The molecule has 0 bridgehead atoms. The minimum atomic E-state index is 0.595. The van der Waals surface area contributed by atoms with Crippen LogP contribution in [0.4, 0.5) is 0 Å². The van der Waals surface area contributed by atoms with Crippen molar-refractivity contribution in [3.63, 3.8) is 0 Å². The maximum atomic E-state index is 2.97. The Balaban J connectivity index is 3.58. The van der Waals surface area contributed by atoms with E-state index in [4.69, 9.17) is 0 Å². The molecular weight excluding hydrogens is 223 g/mol. The van der Waals surface area contributed by atoms with Crippen molar-refractivity contribution in [2.45, 2.75) is 66.2 Å². The second-order valence-electron chi connectivity index (χ2n) is 5.97. The lowest BCUT2D eigenvalue weighted by Gasteiger charge is -2.24. The molecule has 0 saturated carbocycles. The zero-order valence-electron chi connectivity index (χ0n) is 12.4. The Morgan fingerprint density at radius 3 is 1.65 bits per heavy atom. The molecule has 0 N–H and O–H groups in total. The maximum absolute atomic E-state index is 2.97. The van der Waals surface area contributed by atoms with Gasteiger partial charge in [-0.25, -0.2) is 0 Å². The molecule has 1 aromatic carbocycles. The zero-order valence-corrected chi connectivity index (χ0v) is 13.5. The molecule has 1 aromatic rings. The summed E-state index contributed by atoms with van der Waals surface area (Å²) in [6.07, 6.45) is 0. The molecule has 0 heterocycles. The second-order valence-corrected chi connectivity index (χ2v) is 6.55. The Hall–Kier alpha value is -0.350. The van der Waals surface area contributed by atoms with Crippen molar-refractivity contribution >= 4 is 14.5 Å². The summed E-state index contributed by atoms with van der Waals surface area (Å²) in [5, 5.41) is 1.43. The topological polar surface area (TPSA) is 0 Å². The van der Waals surface area contributed by atoms with Crippen LogP contribution >= 0.6 is 9.24 Å². The van der Waals surface area contributed by atoms with Gasteiger partial charge in [-0.1, -0.05) is 47.6 Å². The van der Waals surface area contributed by atoms with E-state index in [0.717, 1.165) is 0 Å². The van der Waals surface area contributed by atoms with Crippen LogP contribution in [0.25, 0.3) is 0 Å². The largest absolute Gasteiger partial charge is 0.105 e. The summed E-state index contributed by atoms with van der Waals surface area (Å²) in [5.74, 6) is 1.80. The molecule has 0 saturated heterocycles. The molecule has 17 heavy (non-hydrogen) atoms. The summed E-state index contributed by atoms with van der Waals surface area (Å²) in [5.41, 5.74) is 6.03. The zero-order chi connectivity index (χ0) is 13.3. The fourth-order valence-corrected chi connectivity index (χ4v) is 3.65. The Kier molecular flexibility index (Phi) is 4.78. The van der Waals surface area contributed by atoms with E-state index in [9.17, 15) is 0 Å². The monoisotopic (exact) mass is 250 g/mol. The number of hydrogen-bond acceptors (Lipinski definition) is 0. The van der Waals surface area contributed by atoms with Gasteiger partial charge in [-0.15, -0.1) is 9.24 Å². The van der Waals surface area contributed by atoms with Crippen LogP contribution in [-0.2, 0) is 0 Å². The van der Waals surface area contributed by atoms with Gasteiger partial charge in [0.05, 0.1) is 0 Å². The molecule has 0 aliphatic heterocycles. The van der Waals surface area contributed by atoms with Crippen molar-refractivity contribution in [2.75, 3.05) is 0 Å². The van der Waals surface area contributed by atoms with Crippen LogP contribution in [0.2, 0.25) is 0 Å². The summed E-state index contributed by atoms with van der Waals surface area (Å²) in [7, 11) is 2.97. The first-order valence-corrected chi connectivity index (χ1v) is 7.27. The predicted molar refractivity (Wildman–Crippen MR) is 82.8 cm³/mol. The summed E-state index contributed by atoms with van der Waals surface area (Å²) in [6, 6.07) is 2.42. The van der Waals surface area contributed by atoms with E-state index in [-0.39, 0.29) is 0 Å². The minimum absolute atomic E-state index is 0.595. The Labute approximate surface area is 109 Å². The molecule has 0 spiro atoms. The van der Waals surface area contributed by atoms with Crippen molar-refractivity contribution in [1.82, 2.24) is 0 Å². The van der Waals surface area contributed by atoms with Crippen molar-refractivity contribution < 1.29 is 0 Å². The van der Waals surface area contributed by atoms with E-state index in [1.165, 1.54) is 27.6 Å². The molecule has 0 radical (unpaired) electrons. The average molecular weight is 250 g/mol. The number of benzene rings is 1. The highest BCUT2D eigenvalue weighted by molar-refractivity contribution is 7.27. The highest BCUT2D eigenvalue weighted by Crippen LogP contribution is 2.31. The van der Waals surface area contributed by atoms with Crippen LogP contribution in [0.3, 0.4) is 0 Å². The lowest BCUT2D eigenvalue weighted by molar-refractivity contribution is 0.801. The molecule has 96 valence electrons. The molecule has 1 unspecified atom stereocenters. The van der Waals surface area contributed by atoms with Gasteiger partial charge in [0.2, 0.25) is 0 Å². The Morgan fingerprint density at radius 2 is 1.29 bits per heavy atom. The molecule has 0 aromatic heterocycles. The van der Waals surface area contributed by atoms with Gasteiger partial charge in [-0.2, -0.15) is 0 Å². The first-order chi connectivity index (χ1) is 7.77. The van der Waals surface area contributed by atoms with Gasteiger partial charge in [0.1, 0.15) is 0 Å². The van der Waals surface area contributed by atoms with E-state index in [1.54, 1.807) is 0 Å². The fraction of sp³-hybridized carbons (Fsp3) is 0.625. The van der Waals surface area contributed by atoms with Crippen molar-refractivity contribution in [3.8, 4) is 0 Å². The summed E-state index contributed by atoms with van der Waals surface area (Å²) in [4.78, 5) is 0. The molecule has 0 aliphatic carbocycles. The van der Waals surface area contributed by atoms with Gasteiger partial charge in [-0.3, -0.25) is 0 Å². The van der Waals surface area contributed by atoms with E-state index in [2.05, 4.69) is 63.8 Å². The molecule has 1 heteroatoms. The summed E-state index contributed by atoms with van der Waals surface area (Å²) < 4.78 is 0. The highest BCUT2D eigenvalue weighted by Gasteiger charge is 2.17. The third-order valence-electron chi connectivity index (χ3n) is 3.57. The van der Waals surface area contributed by atoms with Crippen LogP contribution in [-0.4, -0.2) is 0 Å². The lowest BCUT2D eigenvalue weighted by atomic mass is 9.85. The predicted octanol–water partition coefficient (Wildman–Crippen LogP) is 4.87. The lowest BCUT2D eigenvalue weighted by Crippen LogP contribution is -2.16. The first-order valence-electron chi connectivity index (χ1n) is 6.70. The molecule has 0 aliphatic rings. The molecule has 0 amide bonds. The van der Waals surface area contributed by atoms with E-state index >= 15 is 0 Å². The van der Waals surface area contributed by atoms with Gasteiger partial charge in [-0.05, 0) is 52.2 Å². The molecule has 1 rings (SSSR count). The average Bonchev–Trinajstić information content (AvgIpc) is 2.15. The van der Waals surface area contributed by atoms with Gasteiger partial charge in [0.25, 0.3) is 0 Å². The van der Waals surface area contributed by atoms with E-state index < -0.39 is 0 Å². The molecule has 0 fully saturated rings. The van der Waals surface area contributed by atoms with Gasteiger partial charge in [0.15, 0.2) is 0 Å². The number of hydrogen-bond donors (Lipinski definition) is 0. The van der Waals surface area contributed by atoms with Crippen LogP contribution < -0.4 is 5.30 Å². The van der Waals surface area contributed by atoms with Crippen LogP contribution in [0, 0.1) is 6.92 Å². The van der Waals surface area contributed by atoms with Crippen molar-refractivity contribution in [1.29, 1.82) is 0 Å². The van der Waals surface area contributed by atoms with E-state index in [0.29, 0.717) is 17.8 Å². The minimum Gasteiger partial charge on any atom is -0.105 e. The first kappa shape index (κ1) is 14.7. The SMILES string of the molecule is Cc1c(C(C)C)cc(C(C)C)c(P)c1C(C)C. The number of rotatable bonds is 3. The molecule has 0 nitrogen and oxygen atoms in total. The third kappa shape index (κ3) is 2.91.